The Morgan fingerprint density at radius 2 is 1.93 bits per heavy atom. The molecule has 150 valence electrons. The number of sulfonamides is 1. The molecular formula is C20H19N3O4S2. The van der Waals surface area contributed by atoms with Crippen LogP contribution in [0.1, 0.15) is 10.4 Å². The Morgan fingerprint density at radius 3 is 2.52 bits per heavy atom. The van der Waals surface area contributed by atoms with Crippen molar-refractivity contribution in [3.8, 4) is 18.1 Å². The summed E-state index contributed by atoms with van der Waals surface area (Å²) in [5, 5.41) is 0. The summed E-state index contributed by atoms with van der Waals surface area (Å²) >= 11 is 1.33. The van der Waals surface area contributed by atoms with Crippen LogP contribution in [0.2, 0.25) is 0 Å². The number of hydrogen-bond donors (Lipinski definition) is 0. The summed E-state index contributed by atoms with van der Waals surface area (Å²) in [6.07, 6.45) is 5.48. The number of aromatic nitrogens is 1. The third-order valence-corrected chi connectivity index (χ3v) is 7.09. The van der Waals surface area contributed by atoms with Gasteiger partial charge in [0.05, 0.1) is 28.8 Å². The van der Waals surface area contributed by atoms with Crippen molar-refractivity contribution in [1.29, 1.82) is 0 Å². The molecule has 1 aromatic heterocycles. The first-order chi connectivity index (χ1) is 13.8. The molecule has 3 rings (SSSR count). The van der Waals surface area contributed by atoms with E-state index in [9.17, 15) is 13.2 Å². The van der Waals surface area contributed by atoms with Gasteiger partial charge >= 0.3 is 0 Å². The minimum Gasteiger partial charge on any atom is -0.497 e. The maximum atomic E-state index is 12.7. The van der Waals surface area contributed by atoms with E-state index in [0.29, 0.717) is 10.6 Å². The number of carbonyl (C=O) groups excluding carboxylic acids is 1. The monoisotopic (exact) mass is 429 g/mol. The Balaban J connectivity index is 2.03. The van der Waals surface area contributed by atoms with Crippen molar-refractivity contribution in [1.82, 2.24) is 8.87 Å². The van der Waals surface area contributed by atoms with Crippen LogP contribution in [-0.2, 0) is 16.6 Å². The highest BCUT2D eigenvalue weighted by Crippen LogP contribution is 2.23. The highest BCUT2D eigenvalue weighted by atomic mass is 32.2. The van der Waals surface area contributed by atoms with E-state index in [1.807, 2.05) is 18.2 Å². The van der Waals surface area contributed by atoms with Gasteiger partial charge in [0.25, 0.3) is 5.91 Å². The van der Waals surface area contributed by atoms with E-state index < -0.39 is 15.9 Å². The second-order valence-electron chi connectivity index (χ2n) is 6.24. The van der Waals surface area contributed by atoms with E-state index in [1.54, 1.807) is 11.7 Å². The summed E-state index contributed by atoms with van der Waals surface area (Å²) in [5.74, 6) is 2.79. The minimum atomic E-state index is -3.56. The molecule has 29 heavy (non-hydrogen) atoms. The van der Waals surface area contributed by atoms with Crippen LogP contribution in [0.25, 0.3) is 10.2 Å². The molecule has 0 N–H and O–H groups in total. The molecule has 0 radical (unpaired) electrons. The first kappa shape index (κ1) is 20.8. The summed E-state index contributed by atoms with van der Waals surface area (Å²) in [5.41, 5.74) is 1.14. The summed E-state index contributed by atoms with van der Waals surface area (Å²) in [4.78, 5) is 17.4. The third kappa shape index (κ3) is 4.10. The van der Waals surface area contributed by atoms with Crippen molar-refractivity contribution in [3.63, 3.8) is 0 Å². The van der Waals surface area contributed by atoms with Gasteiger partial charge in [0.15, 0.2) is 4.80 Å². The van der Waals surface area contributed by atoms with E-state index in [2.05, 4.69) is 10.9 Å². The fraction of sp³-hybridized carbons (Fsp3) is 0.200. The van der Waals surface area contributed by atoms with Crippen LogP contribution in [-0.4, -0.2) is 44.4 Å². The standard InChI is InChI=1S/C20H19N3O4S2/c1-5-12-23-17-11-8-15(27-4)13-18(17)28-20(23)21-19(24)14-6-9-16(10-7-14)29(25,26)22(2)3/h1,6-11,13H,12H2,2-4H3. The number of fused-ring (bicyclic) bond motifs is 1. The molecule has 0 aliphatic rings. The van der Waals surface area contributed by atoms with Gasteiger partial charge < -0.3 is 9.30 Å². The molecule has 0 aliphatic heterocycles. The number of methoxy groups -OCH3 is 1. The molecule has 1 heterocycles. The Hall–Kier alpha value is -2.93. The van der Waals surface area contributed by atoms with Crippen LogP contribution < -0.4 is 9.54 Å². The van der Waals surface area contributed by atoms with Gasteiger partial charge in [-0.05, 0) is 42.5 Å². The molecule has 7 nitrogen and oxygen atoms in total. The lowest BCUT2D eigenvalue weighted by molar-refractivity contribution is 0.0998. The van der Waals surface area contributed by atoms with Crippen molar-refractivity contribution < 1.29 is 17.9 Å². The molecule has 0 saturated heterocycles. The van der Waals surface area contributed by atoms with Gasteiger partial charge in [-0.15, -0.1) is 6.42 Å². The Morgan fingerprint density at radius 1 is 1.24 bits per heavy atom. The van der Waals surface area contributed by atoms with E-state index in [4.69, 9.17) is 11.2 Å². The largest absolute Gasteiger partial charge is 0.497 e. The molecular weight excluding hydrogens is 410 g/mol. The zero-order valence-electron chi connectivity index (χ0n) is 16.1. The number of nitrogens with zero attached hydrogens (tertiary/aromatic N) is 3. The van der Waals surface area contributed by atoms with Gasteiger partial charge in [-0.25, -0.2) is 12.7 Å². The van der Waals surface area contributed by atoms with Crippen LogP contribution in [0.5, 0.6) is 5.75 Å². The Bertz CT molecular complexity index is 1280. The number of rotatable bonds is 5. The van der Waals surface area contributed by atoms with Gasteiger partial charge in [-0.1, -0.05) is 17.3 Å². The number of carbonyl (C=O) groups is 1. The van der Waals surface area contributed by atoms with Crippen LogP contribution >= 0.6 is 11.3 Å². The number of ether oxygens (including phenoxy) is 1. The molecule has 0 bridgehead atoms. The molecule has 2 aromatic carbocycles. The highest BCUT2D eigenvalue weighted by Gasteiger charge is 2.17. The number of thiazole rings is 1. The Kier molecular flexibility index (Phi) is 5.88. The molecule has 0 spiro atoms. The third-order valence-electron chi connectivity index (χ3n) is 4.22. The first-order valence-corrected chi connectivity index (χ1v) is 10.8. The summed E-state index contributed by atoms with van der Waals surface area (Å²) in [6, 6.07) is 11.2. The molecule has 0 fully saturated rings. The molecule has 0 aliphatic carbocycles. The SMILES string of the molecule is C#CCn1c(=NC(=O)c2ccc(S(=O)(=O)N(C)C)cc2)sc2cc(OC)ccc21. The van der Waals surface area contributed by atoms with Crippen LogP contribution in [0.3, 0.4) is 0 Å². The molecule has 0 unspecified atom stereocenters. The fourth-order valence-corrected chi connectivity index (χ4v) is 4.60. The number of terminal acetylenes is 1. The highest BCUT2D eigenvalue weighted by molar-refractivity contribution is 7.89. The fourth-order valence-electron chi connectivity index (χ4n) is 2.64. The lowest BCUT2D eigenvalue weighted by Gasteiger charge is -2.11. The molecule has 0 atom stereocenters. The normalized spacial score (nSPS) is 12.3. The van der Waals surface area contributed by atoms with Crippen molar-refractivity contribution in [2.75, 3.05) is 21.2 Å². The van der Waals surface area contributed by atoms with Crippen molar-refractivity contribution in [3.05, 3.63) is 52.8 Å². The number of hydrogen-bond acceptors (Lipinski definition) is 5. The van der Waals surface area contributed by atoms with E-state index in [1.165, 1.54) is 49.7 Å². The van der Waals surface area contributed by atoms with E-state index in [-0.39, 0.29) is 17.0 Å². The zero-order valence-corrected chi connectivity index (χ0v) is 17.8. The van der Waals surface area contributed by atoms with Gasteiger partial charge in [0.2, 0.25) is 10.0 Å². The van der Waals surface area contributed by atoms with Crippen molar-refractivity contribution >= 4 is 37.5 Å². The second kappa shape index (κ2) is 8.21. The van der Waals surface area contributed by atoms with Gasteiger partial charge in [0, 0.05) is 19.7 Å². The molecule has 9 heteroatoms. The predicted octanol–water partition coefficient (Wildman–Crippen LogP) is 2.34. The van der Waals surface area contributed by atoms with Crippen LogP contribution in [0.15, 0.2) is 52.4 Å². The lowest BCUT2D eigenvalue weighted by Crippen LogP contribution is -2.22. The topological polar surface area (TPSA) is 81.0 Å². The van der Waals surface area contributed by atoms with Crippen molar-refractivity contribution in [2.24, 2.45) is 4.99 Å². The van der Waals surface area contributed by atoms with Gasteiger partial charge in [0.1, 0.15) is 5.75 Å². The second-order valence-corrected chi connectivity index (χ2v) is 9.40. The predicted molar refractivity (Wildman–Crippen MR) is 112 cm³/mol. The van der Waals surface area contributed by atoms with Crippen molar-refractivity contribution in [2.45, 2.75) is 11.4 Å². The average molecular weight is 430 g/mol. The Labute approximate surface area is 172 Å². The minimum absolute atomic E-state index is 0.107. The molecule has 1 amide bonds. The summed E-state index contributed by atoms with van der Waals surface area (Å²) < 4.78 is 33.3. The summed E-state index contributed by atoms with van der Waals surface area (Å²) in [7, 11) is 0.919. The first-order valence-electron chi connectivity index (χ1n) is 8.50. The smallest absolute Gasteiger partial charge is 0.279 e. The summed E-state index contributed by atoms with van der Waals surface area (Å²) in [6.45, 7) is 0.262. The zero-order chi connectivity index (χ0) is 21.2. The maximum absolute atomic E-state index is 12.7. The quantitative estimate of drug-likeness (QED) is 0.583. The average Bonchev–Trinajstić information content (AvgIpc) is 3.04. The number of benzene rings is 2. The lowest BCUT2D eigenvalue weighted by atomic mass is 10.2. The molecule has 3 aromatic rings. The van der Waals surface area contributed by atoms with Gasteiger partial charge in [-0.3, -0.25) is 4.79 Å². The van der Waals surface area contributed by atoms with Crippen LogP contribution in [0, 0.1) is 12.3 Å². The van der Waals surface area contributed by atoms with E-state index in [0.717, 1.165) is 14.5 Å². The maximum Gasteiger partial charge on any atom is 0.279 e. The van der Waals surface area contributed by atoms with Crippen LogP contribution in [0.4, 0.5) is 0 Å². The van der Waals surface area contributed by atoms with Gasteiger partial charge in [-0.2, -0.15) is 4.99 Å². The van der Waals surface area contributed by atoms with E-state index >= 15 is 0 Å². The number of amides is 1. The molecule has 0 saturated carbocycles.